The molecule has 3 aromatic rings. The largest absolute Gasteiger partial charge is 0.315 e. The first-order valence-corrected chi connectivity index (χ1v) is 10.2. The van der Waals surface area contributed by atoms with Crippen LogP contribution in [-0.2, 0) is 0 Å². The number of benzene rings is 3. The number of amides is 2. The van der Waals surface area contributed by atoms with Crippen LogP contribution in [0, 0.1) is 0 Å². The van der Waals surface area contributed by atoms with E-state index in [4.69, 9.17) is 0 Å². The minimum Gasteiger partial charge on any atom is -0.315 e. The van der Waals surface area contributed by atoms with Gasteiger partial charge in [0.2, 0.25) is 0 Å². The number of hydrogen-bond acceptors (Lipinski definition) is 2. The van der Waals surface area contributed by atoms with Crippen molar-refractivity contribution in [2.24, 2.45) is 0 Å². The van der Waals surface area contributed by atoms with Gasteiger partial charge in [-0.1, -0.05) is 48.5 Å². The summed E-state index contributed by atoms with van der Waals surface area (Å²) in [6, 6.07) is 24.8. The van der Waals surface area contributed by atoms with E-state index in [1.54, 1.807) is 4.90 Å². The zero-order valence-electron chi connectivity index (χ0n) is 16.8. The fraction of sp³-hybridized carbons (Fsp3) is 0.154. The summed E-state index contributed by atoms with van der Waals surface area (Å²) in [5.41, 5.74) is 5.64. The second kappa shape index (κ2) is 7.30. The van der Waals surface area contributed by atoms with Crippen molar-refractivity contribution in [2.75, 3.05) is 18.5 Å². The van der Waals surface area contributed by atoms with Crippen molar-refractivity contribution in [3.8, 4) is 0 Å². The summed E-state index contributed by atoms with van der Waals surface area (Å²) in [4.78, 5) is 29.7. The van der Waals surface area contributed by atoms with Crippen LogP contribution in [0.2, 0.25) is 0 Å². The van der Waals surface area contributed by atoms with Crippen LogP contribution in [0.15, 0.2) is 84.6 Å². The number of rotatable bonds is 3. The molecule has 0 N–H and O–H groups in total. The lowest BCUT2D eigenvalue weighted by atomic mass is 9.86. The van der Waals surface area contributed by atoms with Gasteiger partial charge in [-0.2, -0.15) is 0 Å². The Morgan fingerprint density at radius 2 is 1.53 bits per heavy atom. The molecular weight excluding hydrogens is 372 g/mol. The lowest BCUT2D eigenvalue weighted by molar-refractivity contribution is 0.0831. The molecule has 1 heterocycles. The van der Waals surface area contributed by atoms with Gasteiger partial charge in [0.15, 0.2) is 0 Å². The summed E-state index contributed by atoms with van der Waals surface area (Å²) in [5, 5.41) is 0. The number of allylic oxidation sites excluding steroid dienone is 1. The minimum absolute atomic E-state index is 0.0170. The van der Waals surface area contributed by atoms with Crippen LogP contribution in [-0.4, -0.2) is 30.3 Å². The lowest BCUT2D eigenvalue weighted by Crippen LogP contribution is -2.31. The Balaban J connectivity index is 1.46. The van der Waals surface area contributed by atoms with E-state index in [1.807, 2.05) is 84.7 Å². The first-order chi connectivity index (χ1) is 14.6. The summed E-state index contributed by atoms with van der Waals surface area (Å²) in [5.74, 6) is 0.195. The Morgan fingerprint density at radius 3 is 2.23 bits per heavy atom. The van der Waals surface area contributed by atoms with Gasteiger partial charge >= 0.3 is 0 Å². The molecule has 0 bridgehead atoms. The minimum atomic E-state index is -0.0170. The quantitative estimate of drug-likeness (QED) is 0.631. The second-order valence-electron chi connectivity index (χ2n) is 7.83. The third-order valence-electron chi connectivity index (χ3n) is 6.02. The van der Waals surface area contributed by atoms with Crippen molar-refractivity contribution in [3.63, 3.8) is 0 Å². The lowest BCUT2D eigenvalue weighted by Gasteiger charge is -2.27. The van der Waals surface area contributed by atoms with E-state index in [1.165, 1.54) is 5.56 Å². The molecule has 1 aliphatic carbocycles. The standard InChI is InChI=1S/C26H22N2O2/c1-27(25(29)18-9-4-2-5-10-18)22-15-20-13-8-14-23-24(20)21(16-22)17-28(23)26(30)19-11-6-3-7-12-19/h2-15,21H,16-17H2,1H3. The van der Waals surface area contributed by atoms with Gasteiger partial charge in [-0.25, -0.2) is 0 Å². The Hall–Kier alpha value is -3.66. The van der Waals surface area contributed by atoms with Gasteiger partial charge in [0, 0.05) is 42.0 Å². The molecule has 2 aliphatic rings. The van der Waals surface area contributed by atoms with Gasteiger partial charge in [0.1, 0.15) is 0 Å². The summed E-state index contributed by atoms with van der Waals surface area (Å²) < 4.78 is 0. The highest BCUT2D eigenvalue weighted by atomic mass is 16.2. The van der Waals surface area contributed by atoms with E-state index in [9.17, 15) is 9.59 Å². The van der Waals surface area contributed by atoms with Crippen molar-refractivity contribution < 1.29 is 9.59 Å². The van der Waals surface area contributed by atoms with E-state index < -0.39 is 0 Å². The van der Waals surface area contributed by atoms with Crippen LogP contribution in [0.25, 0.3) is 6.08 Å². The Labute approximate surface area is 176 Å². The molecule has 0 spiro atoms. The van der Waals surface area contributed by atoms with Crippen molar-refractivity contribution in [3.05, 3.63) is 107 Å². The summed E-state index contributed by atoms with van der Waals surface area (Å²) in [6.07, 6.45) is 2.82. The summed E-state index contributed by atoms with van der Waals surface area (Å²) in [6.45, 7) is 0.630. The van der Waals surface area contributed by atoms with Crippen LogP contribution >= 0.6 is 0 Å². The number of carbonyl (C=O) groups excluding carboxylic acids is 2. The highest BCUT2D eigenvalue weighted by molar-refractivity contribution is 6.08. The molecule has 5 rings (SSSR count). The van der Waals surface area contributed by atoms with Crippen LogP contribution in [0.5, 0.6) is 0 Å². The molecule has 1 aliphatic heterocycles. The van der Waals surface area contributed by atoms with Gasteiger partial charge in [-0.15, -0.1) is 0 Å². The van der Waals surface area contributed by atoms with E-state index >= 15 is 0 Å². The van der Waals surface area contributed by atoms with E-state index in [2.05, 4.69) is 12.1 Å². The first-order valence-electron chi connectivity index (χ1n) is 10.2. The molecule has 3 aromatic carbocycles. The molecule has 0 saturated heterocycles. The van der Waals surface area contributed by atoms with Crippen LogP contribution < -0.4 is 4.90 Å². The normalized spacial score (nSPS) is 16.6. The van der Waals surface area contributed by atoms with Crippen LogP contribution in [0.3, 0.4) is 0 Å². The molecule has 1 atom stereocenters. The number of anilines is 1. The maximum atomic E-state index is 13.2. The Kier molecular flexibility index (Phi) is 4.47. The highest BCUT2D eigenvalue weighted by Gasteiger charge is 2.37. The summed E-state index contributed by atoms with van der Waals surface area (Å²) >= 11 is 0. The maximum Gasteiger partial charge on any atom is 0.258 e. The van der Waals surface area contributed by atoms with Crippen molar-refractivity contribution in [1.29, 1.82) is 0 Å². The predicted octanol–water partition coefficient (Wildman–Crippen LogP) is 4.95. The molecule has 148 valence electrons. The zero-order chi connectivity index (χ0) is 20.7. The van der Waals surface area contributed by atoms with E-state index in [-0.39, 0.29) is 17.7 Å². The average Bonchev–Trinajstić information content (AvgIpc) is 3.18. The van der Waals surface area contributed by atoms with Crippen LogP contribution in [0.1, 0.15) is 44.2 Å². The second-order valence-corrected chi connectivity index (χ2v) is 7.83. The fourth-order valence-corrected chi connectivity index (χ4v) is 4.51. The predicted molar refractivity (Wildman–Crippen MR) is 118 cm³/mol. The number of nitrogens with zero attached hydrogens (tertiary/aromatic N) is 2. The number of hydrogen-bond donors (Lipinski definition) is 0. The molecule has 2 amide bonds. The van der Waals surface area contributed by atoms with Crippen molar-refractivity contribution in [2.45, 2.75) is 12.3 Å². The average molecular weight is 394 g/mol. The molecule has 0 fully saturated rings. The van der Waals surface area contributed by atoms with Gasteiger partial charge in [-0.05, 0) is 54.0 Å². The Morgan fingerprint density at radius 1 is 0.867 bits per heavy atom. The van der Waals surface area contributed by atoms with Gasteiger partial charge in [0.25, 0.3) is 11.8 Å². The molecule has 4 heteroatoms. The maximum absolute atomic E-state index is 13.2. The molecule has 0 saturated carbocycles. The summed E-state index contributed by atoms with van der Waals surface area (Å²) in [7, 11) is 1.83. The molecule has 0 radical (unpaired) electrons. The van der Waals surface area contributed by atoms with Gasteiger partial charge in [-0.3, -0.25) is 9.59 Å². The smallest absolute Gasteiger partial charge is 0.258 e. The highest BCUT2D eigenvalue weighted by Crippen LogP contribution is 2.46. The fourth-order valence-electron chi connectivity index (χ4n) is 4.51. The van der Waals surface area contributed by atoms with Gasteiger partial charge in [0.05, 0.1) is 0 Å². The third-order valence-corrected chi connectivity index (χ3v) is 6.02. The van der Waals surface area contributed by atoms with E-state index in [0.29, 0.717) is 17.7 Å². The molecular formula is C26H22N2O2. The van der Waals surface area contributed by atoms with Crippen LogP contribution in [0.4, 0.5) is 5.69 Å². The molecule has 1 unspecified atom stereocenters. The SMILES string of the molecule is CN(C(=O)c1ccccc1)C1=Cc2cccc3c2C(C1)CN3C(=O)c1ccccc1. The zero-order valence-corrected chi connectivity index (χ0v) is 16.8. The molecule has 30 heavy (non-hydrogen) atoms. The number of carbonyl (C=O) groups is 2. The van der Waals surface area contributed by atoms with Crippen molar-refractivity contribution >= 4 is 23.6 Å². The Bertz CT molecular complexity index is 1150. The third kappa shape index (κ3) is 3.01. The van der Waals surface area contributed by atoms with Crippen molar-refractivity contribution in [1.82, 2.24) is 4.90 Å². The molecule has 4 nitrogen and oxygen atoms in total. The molecule has 0 aromatic heterocycles. The first kappa shape index (κ1) is 18.4. The monoisotopic (exact) mass is 394 g/mol. The van der Waals surface area contributed by atoms with Gasteiger partial charge < -0.3 is 9.80 Å². The topological polar surface area (TPSA) is 40.6 Å². The van der Waals surface area contributed by atoms with E-state index in [0.717, 1.165) is 23.4 Å².